The van der Waals surface area contributed by atoms with Gasteiger partial charge in [0.25, 0.3) is 0 Å². The molecular formula is C18H25NO3. The Kier molecular flexibility index (Phi) is 5.35. The minimum Gasteiger partial charge on any atom is -0.466 e. The van der Waals surface area contributed by atoms with Gasteiger partial charge in [0, 0.05) is 13.2 Å². The lowest BCUT2D eigenvalue weighted by atomic mass is 9.90. The summed E-state index contributed by atoms with van der Waals surface area (Å²) in [5.74, 6) is 1.44. The maximum atomic E-state index is 9.24. The summed E-state index contributed by atoms with van der Waals surface area (Å²) in [6, 6.07) is 0.149. The predicted octanol–water partition coefficient (Wildman–Crippen LogP) is 3.09. The van der Waals surface area contributed by atoms with Gasteiger partial charge in [-0.15, -0.1) is 0 Å². The van der Waals surface area contributed by atoms with Gasteiger partial charge >= 0.3 is 0 Å². The van der Waals surface area contributed by atoms with Gasteiger partial charge in [0.05, 0.1) is 6.04 Å². The molecule has 0 aromatic heterocycles. The molecule has 4 nitrogen and oxygen atoms in total. The number of hydrogen-bond donors (Lipinski definition) is 1. The van der Waals surface area contributed by atoms with Crippen molar-refractivity contribution in [3.63, 3.8) is 0 Å². The molecule has 3 rings (SSSR count). The molecule has 0 spiro atoms. The van der Waals surface area contributed by atoms with Gasteiger partial charge in [-0.05, 0) is 50.1 Å². The smallest absolute Gasteiger partial charge is 0.160 e. The zero-order chi connectivity index (χ0) is 15.2. The van der Waals surface area contributed by atoms with Gasteiger partial charge in [-0.25, -0.2) is 0 Å². The average Bonchev–Trinajstić information content (AvgIpc) is 2.58. The van der Waals surface area contributed by atoms with Crippen LogP contribution in [-0.2, 0) is 9.47 Å². The van der Waals surface area contributed by atoms with Gasteiger partial charge in [0.1, 0.15) is 18.8 Å². The number of likely N-dealkylation sites (tertiary alicyclic amines) is 1. The van der Waals surface area contributed by atoms with E-state index in [0.29, 0.717) is 5.92 Å². The highest BCUT2D eigenvalue weighted by atomic mass is 16.5. The van der Waals surface area contributed by atoms with Crippen molar-refractivity contribution in [2.24, 2.45) is 5.92 Å². The zero-order valence-corrected chi connectivity index (χ0v) is 13.0. The van der Waals surface area contributed by atoms with Crippen molar-refractivity contribution in [1.82, 2.24) is 4.90 Å². The molecule has 1 aliphatic carbocycles. The summed E-state index contributed by atoms with van der Waals surface area (Å²) in [6.45, 7) is 2.36. The summed E-state index contributed by atoms with van der Waals surface area (Å²) in [6.07, 6.45) is 16.9. The van der Waals surface area contributed by atoms with Crippen LogP contribution in [0.5, 0.6) is 0 Å². The second kappa shape index (κ2) is 7.65. The molecule has 0 radical (unpaired) electrons. The van der Waals surface area contributed by atoms with E-state index in [1.54, 1.807) is 18.8 Å². The molecule has 2 atom stereocenters. The van der Waals surface area contributed by atoms with Gasteiger partial charge in [0.2, 0.25) is 0 Å². The van der Waals surface area contributed by atoms with Gasteiger partial charge in [0.15, 0.2) is 5.76 Å². The fraction of sp³-hybridized carbons (Fsp3) is 0.556. The van der Waals surface area contributed by atoms with Crippen molar-refractivity contribution in [3.8, 4) is 0 Å². The Hall–Kier alpha value is -1.52. The topological polar surface area (TPSA) is 41.9 Å². The van der Waals surface area contributed by atoms with Crippen LogP contribution in [0, 0.1) is 5.92 Å². The highest BCUT2D eigenvalue weighted by Gasteiger charge is 2.32. The monoisotopic (exact) mass is 303 g/mol. The largest absolute Gasteiger partial charge is 0.466 e. The summed E-state index contributed by atoms with van der Waals surface area (Å²) in [4.78, 5) is 2.49. The second-order valence-electron chi connectivity index (χ2n) is 6.17. The first-order valence-electron chi connectivity index (χ1n) is 8.26. The van der Waals surface area contributed by atoms with E-state index >= 15 is 0 Å². The molecule has 2 aliphatic heterocycles. The summed E-state index contributed by atoms with van der Waals surface area (Å²) < 4.78 is 11.1. The van der Waals surface area contributed by atoms with Gasteiger partial charge in [-0.2, -0.15) is 0 Å². The molecule has 1 N–H and O–H groups in total. The van der Waals surface area contributed by atoms with E-state index in [1.165, 1.54) is 18.4 Å². The summed E-state index contributed by atoms with van der Waals surface area (Å²) in [5, 5.41) is 9.24. The first kappa shape index (κ1) is 15.4. The third kappa shape index (κ3) is 3.62. The molecule has 0 aromatic carbocycles. The number of hydrogen-bond acceptors (Lipinski definition) is 4. The lowest BCUT2D eigenvalue weighted by Crippen LogP contribution is -2.45. The third-order valence-corrected chi connectivity index (χ3v) is 4.64. The van der Waals surface area contributed by atoms with Crippen molar-refractivity contribution >= 4 is 0 Å². The van der Waals surface area contributed by atoms with E-state index in [9.17, 15) is 5.11 Å². The quantitative estimate of drug-likeness (QED) is 0.847. The first-order chi connectivity index (χ1) is 10.9. The number of ether oxygens (including phenoxy) is 2. The van der Waals surface area contributed by atoms with Crippen LogP contribution in [0.1, 0.15) is 32.1 Å². The maximum absolute atomic E-state index is 9.24. The summed E-state index contributed by atoms with van der Waals surface area (Å²) in [5.41, 5.74) is 1.39. The standard InChI is InChI=1S/C18H25NO3/c20-10-8-15-5-4-9-19(13-15)18(16-6-2-1-3-7-16)17-14-21-11-12-22-17/h1-2,6,11-12,14-15,18,20H,3-5,7-10,13H2. The number of aliphatic hydroxyl groups excluding tert-OH is 1. The molecule has 0 amide bonds. The van der Waals surface area contributed by atoms with Crippen LogP contribution in [0.25, 0.3) is 0 Å². The molecule has 1 fully saturated rings. The molecule has 120 valence electrons. The lowest BCUT2D eigenvalue weighted by molar-refractivity contribution is 0.102. The van der Waals surface area contributed by atoms with Gasteiger partial charge < -0.3 is 14.6 Å². The first-order valence-corrected chi connectivity index (χ1v) is 8.26. The highest BCUT2D eigenvalue weighted by molar-refractivity contribution is 5.29. The molecular weight excluding hydrogens is 278 g/mol. The lowest BCUT2D eigenvalue weighted by Gasteiger charge is -2.40. The van der Waals surface area contributed by atoms with Crippen molar-refractivity contribution in [2.45, 2.75) is 38.1 Å². The number of piperidine rings is 1. The molecule has 22 heavy (non-hydrogen) atoms. The maximum Gasteiger partial charge on any atom is 0.160 e. The second-order valence-corrected chi connectivity index (χ2v) is 6.17. The fourth-order valence-corrected chi connectivity index (χ4v) is 3.60. The molecule has 0 bridgehead atoms. The van der Waals surface area contributed by atoms with Crippen molar-refractivity contribution in [3.05, 3.63) is 48.3 Å². The Balaban J connectivity index is 1.79. The molecule has 2 unspecified atom stereocenters. The number of nitrogens with zero attached hydrogens (tertiary/aromatic N) is 1. The van der Waals surface area contributed by atoms with Crippen LogP contribution in [0.15, 0.2) is 48.3 Å². The van der Waals surface area contributed by atoms with E-state index in [2.05, 4.69) is 23.1 Å². The molecule has 2 heterocycles. The van der Waals surface area contributed by atoms with E-state index in [4.69, 9.17) is 9.47 Å². The van der Waals surface area contributed by atoms with E-state index in [1.807, 2.05) is 0 Å². The normalized spacial score (nSPS) is 26.7. The van der Waals surface area contributed by atoms with Crippen molar-refractivity contribution in [2.75, 3.05) is 19.7 Å². The molecule has 3 aliphatic rings. The van der Waals surface area contributed by atoms with Crippen LogP contribution in [0.4, 0.5) is 0 Å². The average molecular weight is 303 g/mol. The summed E-state index contributed by atoms with van der Waals surface area (Å²) in [7, 11) is 0. The van der Waals surface area contributed by atoms with Crippen molar-refractivity contribution in [1.29, 1.82) is 0 Å². The van der Waals surface area contributed by atoms with Crippen molar-refractivity contribution < 1.29 is 14.6 Å². The fourth-order valence-electron chi connectivity index (χ4n) is 3.60. The number of allylic oxidation sites excluding steroid dienone is 3. The minimum atomic E-state index is 0.149. The minimum absolute atomic E-state index is 0.149. The molecule has 1 saturated heterocycles. The van der Waals surface area contributed by atoms with Crippen LogP contribution >= 0.6 is 0 Å². The Morgan fingerprint density at radius 1 is 1.36 bits per heavy atom. The van der Waals surface area contributed by atoms with Crippen LogP contribution in [0.2, 0.25) is 0 Å². The number of aliphatic hydroxyl groups is 1. The Bertz CT molecular complexity index is 491. The SMILES string of the molecule is OCCC1CCCN(C(C2=CC=CCC2)C2=COC=CO2)C1. The Labute approximate surface area is 132 Å². The van der Waals surface area contributed by atoms with Gasteiger partial charge in [-0.1, -0.05) is 18.2 Å². The van der Waals surface area contributed by atoms with Gasteiger partial charge in [-0.3, -0.25) is 4.90 Å². The molecule has 0 saturated carbocycles. The van der Waals surface area contributed by atoms with Crippen LogP contribution in [-0.4, -0.2) is 35.7 Å². The Morgan fingerprint density at radius 3 is 3.05 bits per heavy atom. The van der Waals surface area contributed by atoms with Crippen LogP contribution in [0.3, 0.4) is 0 Å². The molecule has 4 heteroatoms. The van der Waals surface area contributed by atoms with E-state index < -0.39 is 0 Å². The van der Waals surface area contributed by atoms with Crippen LogP contribution < -0.4 is 0 Å². The van der Waals surface area contributed by atoms with E-state index in [-0.39, 0.29) is 12.6 Å². The highest BCUT2D eigenvalue weighted by Crippen LogP contribution is 2.31. The Morgan fingerprint density at radius 2 is 2.32 bits per heavy atom. The number of rotatable bonds is 5. The zero-order valence-electron chi connectivity index (χ0n) is 13.0. The summed E-state index contributed by atoms with van der Waals surface area (Å²) >= 11 is 0. The third-order valence-electron chi connectivity index (χ3n) is 4.64. The van der Waals surface area contributed by atoms with E-state index in [0.717, 1.165) is 38.1 Å². The predicted molar refractivity (Wildman–Crippen MR) is 85.6 cm³/mol. The molecule has 0 aromatic rings.